The molecule has 8 nitrogen and oxygen atoms in total. The minimum atomic E-state index is -1.33. The van der Waals surface area contributed by atoms with Crippen LogP contribution in [0.15, 0.2) is 76.7 Å². The van der Waals surface area contributed by atoms with Crippen LogP contribution in [0.4, 0.5) is 5.69 Å². The molecule has 0 aliphatic rings. The number of methoxy groups -OCH3 is 1. The largest absolute Gasteiger partial charge is 0.545 e. The fourth-order valence-electron chi connectivity index (χ4n) is 3.45. The van der Waals surface area contributed by atoms with Crippen LogP contribution in [0.1, 0.15) is 15.9 Å². The number of aromatic nitrogens is 2. The molecule has 0 aliphatic heterocycles. The van der Waals surface area contributed by atoms with Crippen LogP contribution >= 0.6 is 11.8 Å². The Hall–Kier alpha value is -4.11. The first-order valence-corrected chi connectivity index (χ1v) is 11.3. The number of amides is 1. The highest BCUT2D eigenvalue weighted by molar-refractivity contribution is 7.99. The maximum Gasteiger partial charge on any atom is 0.266 e. The number of nitrogens with zero attached hydrogens (tertiary/aromatic N) is 2. The number of carboxylic acids is 1. The number of anilines is 1. The molecule has 1 amide bonds. The van der Waals surface area contributed by atoms with Gasteiger partial charge >= 0.3 is 0 Å². The predicted octanol–water partition coefficient (Wildman–Crippen LogP) is 2.80. The van der Waals surface area contributed by atoms with E-state index in [1.54, 1.807) is 36.4 Å². The molecule has 4 rings (SSSR count). The molecule has 0 fully saturated rings. The number of hydrogen-bond acceptors (Lipinski definition) is 7. The van der Waals surface area contributed by atoms with Crippen LogP contribution in [-0.2, 0) is 4.79 Å². The molecule has 1 heterocycles. The second-order valence-electron chi connectivity index (χ2n) is 7.43. The highest BCUT2D eigenvalue weighted by Crippen LogP contribution is 2.28. The lowest BCUT2D eigenvalue weighted by Gasteiger charge is -2.16. The minimum Gasteiger partial charge on any atom is -0.545 e. The van der Waals surface area contributed by atoms with Crippen LogP contribution in [0, 0.1) is 6.92 Å². The smallest absolute Gasteiger partial charge is 0.266 e. The van der Waals surface area contributed by atoms with Gasteiger partial charge in [-0.2, -0.15) is 0 Å². The van der Waals surface area contributed by atoms with Gasteiger partial charge in [0.25, 0.3) is 5.56 Å². The van der Waals surface area contributed by atoms with Gasteiger partial charge in [0.2, 0.25) is 5.91 Å². The lowest BCUT2D eigenvalue weighted by atomic mass is 10.2. The van der Waals surface area contributed by atoms with Gasteiger partial charge in [-0.25, -0.2) is 4.98 Å². The third kappa shape index (κ3) is 4.79. The van der Waals surface area contributed by atoms with Crippen molar-refractivity contribution in [3.8, 4) is 11.4 Å². The Morgan fingerprint density at radius 1 is 1.09 bits per heavy atom. The first-order valence-electron chi connectivity index (χ1n) is 10.3. The van der Waals surface area contributed by atoms with Crippen molar-refractivity contribution in [2.45, 2.75) is 12.1 Å². The van der Waals surface area contributed by atoms with Gasteiger partial charge in [-0.3, -0.25) is 14.2 Å². The zero-order chi connectivity index (χ0) is 24.2. The zero-order valence-corrected chi connectivity index (χ0v) is 19.2. The van der Waals surface area contributed by atoms with E-state index in [-0.39, 0.29) is 22.8 Å². The SMILES string of the molecule is COc1ccc(C)cc1-n1c(SCC(=O)Nc2cccc(C(=O)[O-])c2)nc2ccccc2c1=O. The quantitative estimate of drug-likeness (QED) is 0.324. The molecule has 172 valence electrons. The number of fused-ring (bicyclic) bond motifs is 1. The first-order chi connectivity index (χ1) is 16.4. The van der Waals surface area contributed by atoms with Crippen LogP contribution in [-0.4, -0.2) is 34.3 Å². The highest BCUT2D eigenvalue weighted by Gasteiger charge is 2.18. The Morgan fingerprint density at radius 3 is 2.65 bits per heavy atom. The number of para-hydroxylation sites is 1. The van der Waals surface area contributed by atoms with Crippen molar-refractivity contribution in [1.82, 2.24) is 9.55 Å². The molecule has 0 unspecified atom stereocenters. The van der Waals surface area contributed by atoms with Gasteiger partial charge in [0.05, 0.1) is 35.4 Å². The molecule has 0 atom stereocenters. The summed E-state index contributed by atoms with van der Waals surface area (Å²) in [5.74, 6) is -1.28. The first kappa shape index (κ1) is 23.1. The van der Waals surface area contributed by atoms with Crippen molar-refractivity contribution in [3.63, 3.8) is 0 Å². The number of rotatable bonds is 7. The molecule has 3 aromatic carbocycles. The van der Waals surface area contributed by atoms with Crippen molar-refractivity contribution in [3.05, 3.63) is 88.2 Å². The molecule has 0 aliphatic carbocycles. The predicted molar refractivity (Wildman–Crippen MR) is 129 cm³/mol. The number of benzene rings is 3. The Balaban J connectivity index is 1.70. The number of nitrogens with one attached hydrogen (secondary N) is 1. The number of carboxylic acid groups (broad SMARTS) is 1. The van der Waals surface area contributed by atoms with E-state index >= 15 is 0 Å². The summed E-state index contributed by atoms with van der Waals surface area (Å²) in [6.45, 7) is 1.91. The highest BCUT2D eigenvalue weighted by atomic mass is 32.2. The van der Waals surface area contributed by atoms with Crippen LogP contribution in [0.2, 0.25) is 0 Å². The summed E-state index contributed by atoms with van der Waals surface area (Å²) in [7, 11) is 1.52. The zero-order valence-electron chi connectivity index (χ0n) is 18.4. The lowest BCUT2D eigenvalue weighted by molar-refractivity contribution is -0.255. The molecule has 0 bridgehead atoms. The number of carbonyl (C=O) groups is 2. The van der Waals surface area contributed by atoms with Crippen molar-refractivity contribution >= 4 is 40.2 Å². The number of aromatic carboxylic acids is 1. The average Bonchev–Trinajstić information content (AvgIpc) is 2.83. The topological polar surface area (TPSA) is 113 Å². The second-order valence-corrected chi connectivity index (χ2v) is 8.38. The molecule has 0 saturated heterocycles. The van der Waals surface area contributed by atoms with Gasteiger partial charge in [-0.15, -0.1) is 0 Å². The standard InChI is InChI=1S/C25H21N3O5S/c1-15-10-11-21(33-2)20(12-15)28-23(30)18-8-3-4-9-19(18)27-25(28)34-14-22(29)26-17-7-5-6-16(13-17)24(31)32/h3-13H,14H2,1-2H3,(H,26,29)(H,31,32)/p-1. The lowest BCUT2D eigenvalue weighted by Crippen LogP contribution is -2.24. The third-order valence-electron chi connectivity index (χ3n) is 5.03. The molecule has 0 radical (unpaired) electrons. The number of carbonyl (C=O) groups excluding carboxylic acids is 2. The van der Waals surface area contributed by atoms with E-state index in [1.807, 2.05) is 19.1 Å². The number of aryl methyl sites for hydroxylation is 1. The molecule has 34 heavy (non-hydrogen) atoms. The van der Waals surface area contributed by atoms with Crippen molar-refractivity contribution in [1.29, 1.82) is 0 Å². The van der Waals surface area contributed by atoms with Crippen LogP contribution in [0.3, 0.4) is 0 Å². The van der Waals surface area contributed by atoms with E-state index in [0.717, 1.165) is 17.3 Å². The Bertz CT molecular complexity index is 1460. The van der Waals surface area contributed by atoms with Gasteiger partial charge in [0.15, 0.2) is 5.16 Å². The van der Waals surface area contributed by atoms with E-state index in [4.69, 9.17) is 4.74 Å². The minimum absolute atomic E-state index is 0.0398. The van der Waals surface area contributed by atoms with Crippen LogP contribution in [0.25, 0.3) is 16.6 Å². The molecular weight excluding hydrogens is 454 g/mol. The summed E-state index contributed by atoms with van der Waals surface area (Å²) >= 11 is 1.09. The van der Waals surface area contributed by atoms with E-state index < -0.39 is 5.97 Å². The molecule has 1 N–H and O–H groups in total. The summed E-state index contributed by atoms with van der Waals surface area (Å²) in [4.78, 5) is 41.8. The van der Waals surface area contributed by atoms with Crippen LogP contribution < -0.4 is 20.7 Å². The number of thioether (sulfide) groups is 1. The molecule has 9 heteroatoms. The summed E-state index contributed by atoms with van der Waals surface area (Å²) in [6, 6.07) is 18.3. The van der Waals surface area contributed by atoms with Gasteiger partial charge in [-0.1, -0.05) is 42.1 Å². The van der Waals surface area contributed by atoms with Crippen molar-refractivity contribution in [2.75, 3.05) is 18.2 Å². The summed E-state index contributed by atoms with van der Waals surface area (Å²) in [6.07, 6.45) is 0. The van der Waals surface area contributed by atoms with Crippen LogP contribution in [0.5, 0.6) is 5.75 Å². The van der Waals surface area contributed by atoms with E-state index in [9.17, 15) is 19.5 Å². The fraction of sp³-hybridized carbons (Fsp3) is 0.120. The summed E-state index contributed by atoms with van der Waals surface area (Å²) in [5, 5.41) is 14.5. The average molecular weight is 475 g/mol. The number of ether oxygens (including phenoxy) is 1. The van der Waals surface area contributed by atoms with Gasteiger partial charge in [0, 0.05) is 5.69 Å². The molecule has 0 spiro atoms. The van der Waals surface area contributed by atoms with Crippen molar-refractivity contribution in [2.24, 2.45) is 0 Å². The molecule has 1 aromatic heterocycles. The van der Waals surface area contributed by atoms with E-state index in [0.29, 0.717) is 33.2 Å². The third-order valence-corrected chi connectivity index (χ3v) is 5.97. The maximum absolute atomic E-state index is 13.5. The maximum atomic E-state index is 13.5. The van der Waals surface area contributed by atoms with Crippen molar-refractivity contribution < 1.29 is 19.4 Å². The van der Waals surface area contributed by atoms with Gasteiger partial charge in [-0.05, 0) is 54.4 Å². The van der Waals surface area contributed by atoms with E-state index in [2.05, 4.69) is 10.3 Å². The molecular formula is C25H20N3O5S-. The normalized spacial score (nSPS) is 10.8. The Morgan fingerprint density at radius 2 is 1.88 bits per heavy atom. The molecule has 0 saturated carbocycles. The van der Waals surface area contributed by atoms with Gasteiger partial charge in [0.1, 0.15) is 5.75 Å². The number of hydrogen-bond donors (Lipinski definition) is 1. The summed E-state index contributed by atoms with van der Waals surface area (Å²) in [5.41, 5.74) is 1.98. The fourth-order valence-corrected chi connectivity index (χ4v) is 4.25. The second kappa shape index (κ2) is 9.80. The summed E-state index contributed by atoms with van der Waals surface area (Å²) < 4.78 is 6.93. The Labute approximate surface area is 199 Å². The van der Waals surface area contributed by atoms with E-state index in [1.165, 1.54) is 29.9 Å². The van der Waals surface area contributed by atoms with Gasteiger partial charge < -0.3 is 20.0 Å². The monoisotopic (exact) mass is 474 g/mol. The Kier molecular flexibility index (Phi) is 6.65. The molecule has 4 aromatic rings.